The number of anilines is 1. The van der Waals surface area contributed by atoms with Crippen LogP contribution in [-0.4, -0.2) is 12.5 Å². The number of hydrogen-bond donors (Lipinski definition) is 2. The molecule has 0 saturated carbocycles. The van der Waals surface area contributed by atoms with Gasteiger partial charge in [0.05, 0.1) is 0 Å². The van der Waals surface area contributed by atoms with Crippen molar-refractivity contribution in [3.05, 3.63) is 101 Å². The quantitative estimate of drug-likeness (QED) is 0.704. The Balaban J connectivity index is 1.69. The van der Waals surface area contributed by atoms with Gasteiger partial charge in [-0.15, -0.1) is 0 Å². The van der Waals surface area contributed by atoms with Crippen LogP contribution in [0.2, 0.25) is 0 Å². The zero-order valence-electron chi connectivity index (χ0n) is 14.7. The van der Waals surface area contributed by atoms with E-state index in [-0.39, 0.29) is 24.3 Å². The molecular formula is C22H22FN2O+. The van der Waals surface area contributed by atoms with E-state index in [1.807, 2.05) is 41.7 Å². The van der Waals surface area contributed by atoms with Crippen LogP contribution in [0.5, 0.6) is 0 Å². The standard InChI is InChI=1S/C22H21FN2O/c1-16-12-13-19(14-20(16)23)25-21(26)15-24-22(17-8-4-2-5-9-17)18-10-6-3-7-11-18/h2-14,22,24H,15H2,1H3,(H,25,26)/p+1. The number of nitrogens with two attached hydrogens (primary N) is 1. The number of rotatable bonds is 6. The molecule has 3 aromatic carbocycles. The Morgan fingerprint density at radius 3 is 2.08 bits per heavy atom. The smallest absolute Gasteiger partial charge is 0.279 e. The van der Waals surface area contributed by atoms with Gasteiger partial charge in [-0.1, -0.05) is 66.7 Å². The third-order valence-corrected chi connectivity index (χ3v) is 4.31. The predicted molar refractivity (Wildman–Crippen MR) is 101 cm³/mol. The second-order valence-electron chi connectivity index (χ2n) is 6.25. The first-order valence-electron chi connectivity index (χ1n) is 8.62. The first kappa shape index (κ1) is 17.8. The monoisotopic (exact) mass is 349 g/mol. The number of halogens is 1. The number of carbonyl (C=O) groups is 1. The van der Waals surface area contributed by atoms with E-state index < -0.39 is 0 Å². The molecule has 0 aromatic heterocycles. The molecule has 132 valence electrons. The van der Waals surface area contributed by atoms with Gasteiger partial charge >= 0.3 is 0 Å². The Labute approximate surface area is 152 Å². The Hall–Kier alpha value is -2.98. The van der Waals surface area contributed by atoms with E-state index in [4.69, 9.17) is 0 Å². The zero-order chi connectivity index (χ0) is 18.4. The minimum Gasteiger partial charge on any atom is -0.328 e. The van der Waals surface area contributed by atoms with E-state index in [2.05, 4.69) is 29.6 Å². The van der Waals surface area contributed by atoms with E-state index >= 15 is 0 Å². The van der Waals surface area contributed by atoms with E-state index in [1.165, 1.54) is 6.07 Å². The molecule has 3 N–H and O–H groups in total. The molecule has 0 aliphatic rings. The fourth-order valence-corrected chi connectivity index (χ4v) is 2.89. The number of aryl methyl sites for hydroxylation is 1. The van der Waals surface area contributed by atoms with E-state index in [1.54, 1.807) is 19.1 Å². The fraction of sp³-hybridized carbons (Fsp3) is 0.136. The van der Waals surface area contributed by atoms with Crippen LogP contribution in [-0.2, 0) is 4.79 Å². The van der Waals surface area contributed by atoms with Gasteiger partial charge < -0.3 is 10.6 Å². The van der Waals surface area contributed by atoms with E-state index in [9.17, 15) is 9.18 Å². The van der Waals surface area contributed by atoms with Crippen molar-refractivity contribution in [1.82, 2.24) is 0 Å². The topological polar surface area (TPSA) is 45.7 Å². The Morgan fingerprint density at radius 1 is 0.962 bits per heavy atom. The highest BCUT2D eigenvalue weighted by molar-refractivity contribution is 5.91. The van der Waals surface area contributed by atoms with Gasteiger partial charge in [0.1, 0.15) is 11.9 Å². The summed E-state index contributed by atoms with van der Waals surface area (Å²) in [5.74, 6) is -0.483. The normalized spacial score (nSPS) is 10.7. The summed E-state index contributed by atoms with van der Waals surface area (Å²) in [5.41, 5.74) is 3.30. The van der Waals surface area contributed by atoms with Gasteiger partial charge in [-0.2, -0.15) is 0 Å². The molecule has 0 aliphatic heterocycles. The number of carbonyl (C=O) groups excluding carboxylic acids is 1. The Morgan fingerprint density at radius 2 is 1.54 bits per heavy atom. The highest BCUT2D eigenvalue weighted by Crippen LogP contribution is 2.17. The second-order valence-corrected chi connectivity index (χ2v) is 6.25. The lowest BCUT2D eigenvalue weighted by Crippen LogP contribution is -2.87. The number of hydrogen-bond acceptors (Lipinski definition) is 1. The number of benzene rings is 3. The maximum absolute atomic E-state index is 13.6. The van der Waals surface area contributed by atoms with Gasteiger partial charge in [0, 0.05) is 16.8 Å². The van der Waals surface area contributed by atoms with Crippen molar-refractivity contribution in [2.75, 3.05) is 11.9 Å². The summed E-state index contributed by atoms with van der Waals surface area (Å²) in [6.07, 6.45) is 0. The molecule has 0 unspecified atom stereocenters. The summed E-state index contributed by atoms with van der Waals surface area (Å²) in [6.45, 7) is 1.93. The average molecular weight is 349 g/mol. The maximum Gasteiger partial charge on any atom is 0.279 e. The van der Waals surface area contributed by atoms with Crippen molar-refractivity contribution >= 4 is 11.6 Å². The lowest BCUT2D eigenvalue weighted by atomic mass is 9.99. The Bertz CT molecular complexity index is 826. The molecule has 0 spiro atoms. The lowest BCUT2D eigenvalue weighted by molar-refractivity contribution is -0.676. The van der Waals surface area contributed by atoms with Gasteiger partial charge in [0.25, 0.3) is 5.91 Å². The summed E-state index contributed by atoms with van der Waals surface area (Å²) in [7, 11) is 0. The van der Waals surface area contributed by atoms with Crippen LogP contribution in [0.15, 0.2) is 78.9 Å². The van der Waals surface area contributed by atoms with Crippen molar-refractivity contribution in [2.45, 2.75) is 13.0 Å². The van der Waals surface area contributed by atoms with Crippen LogP contribution in [0.1, 0.15) is 22.7 Å². The molecule has 0 aliphatic carbocycles. The summed E-state index contributed by atoms with van der Waals surface area (Å²) < 4.78 is 13.6. The predicted octanol–water partition coefficient (Wildman–Crippen LogP) is 3.43. The highest BCUT2D eigenvalue weighted by atomic mass is 19.1. The van der Waals surface area contributed by atoms with Crippen LogP contribution in [0.25, 0.3) is 0 Å². The van der Waals surface area contributed by atoms with Crippen LogP contribution < -0.4 is 10.6 Å². The van der Waals surface area contributed by atoms with Crippen molar-refractivity contribution < 1.29 is 14.5 Å². The molecule has 0 radical (unpaired) electrons. The minimum absolute atomic E-state index is 0.0258. The molecule has 26 heavy (non-hydrogen) atoms. The lowest BCUT2D eigenvalue weighted by Gasteiger charge is -2.16. The zero-order valence-corrected chi connectivity index (χ0v) is 14.7. The van der Waals surface area contributed by atoms with E-state index in [0.29, 0.717) is 11.3 Å². The van der Waals surface area contributed by atoms with E-state index in [0.717, 1.165) is 11.1 Å². The molecule has 3 aromatic rings. The summed E-state index contributed by atoms with van der Waals surface area (Å²) in [4.78, 5) is 12.3. The molecule has 4 heteroatoms. The van der Waals surface area contributed by atoms with Crippen LogP contribution in [0.3, 0.4) is 0 Å². The molecule has 0 atom stereocenters. The first-order chi connectivity index (χ1) is 12.6. The van der Waals surface area contributed by atoms with Crippen molar-refractivity contribution in [1.29, 1.82) is 0 Å². The number of nitrogens with one attached hydrogen (secondary N) is 1. The summed E-state index contributed by atoms with van der Waals surface area (Å²) in [6, 6.07) is 24.9. The minimum atomic E-state index is -0.321. The fourth-order valence-electron chi connectivity index (χ4n) is 2.89. The molecule has 3 rings (SSSR count). The van der Waals surface area contributed by atoms with Gasteiger partial charge in [-0.25, -0.2) is 4.39 Å². The third kappa shape index (κ3) is 4.55. The van der Waals surface area contributed by atoms with Crippen LogP contribution in [0, 0.1) is 12.7 Å². The SMILES string of the molecule is Cc1ccc(NC(=O)C[NH2+]C(c2ccccc2)c2ccccc2)cc1F. The molecular weight excluding hydrogens is 327 g/mol. The summed E-state index contributed by atoms with van der Waals surface area (Å²) >= 11 is 0. The molecule has 0 heterocycles. The molecule has 0 saturated heterocycles. The van der Waals surface area contributed by atoms with Crippen LogP contribution in [0.4, 0.5) is 10.1 Å². The van der Waals surface area contributed by atoms with Gasteiger partial charge in [-0.05, 0) is 24.6 Å². The van der Waals surface area contributed by atoms with Crippen molar-refractivity contribution in [2.24, 2.45) is 0 Å². The molecule has 3 nitrogen and oxygen atoms in total. The number of quaternary nitrogens is 1. The number of amides is 1. The largest absolute Gasteiger partial charge is 0.328 e. The third-order valence-electron chi connectivity index (χ3n) is 4.31. The Kier molecular flexibility index (Phi) is 5.77. The highest BCUT2D eigenvalue weighted by Gasteiger charge is 2.18. The van der Waals surface area contributed by atoms with Gasteiger partial charge in [0.2, 0.25) is 0 Å². The van der Waals surface area contributed by atoms with Gasteiger partial charge in [0.15, 0.2) is 6.54 Å². The maximum atomic E-state index is 13.6. The molecule has 0 fully saturated rings. The van der Waals surface area contributed by atoms with Crippen molar-refractivity contribution in [3.63, 3.8) is 0 Å². The van der Waals surface area contributed by atoms with Crippen molar-refractivity contribution in [3.8, 4) is 0 Å². The second kappa shape index (κ2) is 8.41. The molecule has 0 bridgehead atoms. The first-order valence-corrected chi connectivity index (χ1v) is 8.62. The average Bonchev–Trinajstić information content (AvgIpc) is 2.67. The molecule has 1 amide bonds. The summed E-state index contributed by atoms with van der Waals surface area (Å²) in [5, 5.41) is 4.75. The van der Waals surface area contributed by atoms with Gasteiger partial charge in [-0.3, -0.25) is 4.79 Å². The van der Waals surface area contributed by atoms with Crippen LogP contribution >= 0.6 is 0 Å².